The molecule has 0 radical (unpaired) electrons. The molecule has 172 valence electrons. The van der Waals surface area contributed by atoms with Crippen LogP contribution >= 0.6 is 28.1 Å². The van der Waals surface area contributed by atoms with Crippen LogP contribution < -0.4 is 25.6 Å². The lowest BCUT2D eigenvalue weighted by molar-refractivity contribution is -0.123. The summed E-state index contributed by atoms with van der Waals surface area (Å²) in [4.78, 5) is 24.6. The Morgan fingerprint density at radius 2 is 1.78 bits per heavy atom. The maximum Gasteiger partial charge on any atom is 0.276 e. The smallest absolute Gasteiger partial charge is 0.276 e. The molecule has 2 rings (SSSR count). The predicted molar refractivity (Wildman–Crippen MR) is 132 cm³/mol. The van der Waals surface area contributed by atoms with Crippen LogP contribution in [0.15, 0.2) is 46.9 Å². The van der Waals surface area contributed by atoms with Gasteiger partial charge in [-0.25, -0.2) is 0 Å². The van der Waals surface area contributed by atoms with E-state index in [0.717, 1.165) is 17.3 Å². The fourth-order valence-electron chi connectivity index (χ4n) is 2.59. The molecule has 32 heavy (non-hydrogen) atoms. The number of benzene rings is 2. The maximum absolute atomic E-state index is 12.6. The number of carbonyl (C=O) groups is 2. The van der Waals surface area contributed by atoms with E-state index in [9.17, 15) is 9.59 Å². The number of hydrogen-bond acceptors (Lipinski definition) is 5. The fourth-order valence-corrected chi connectivity index (χ4v) is 3.10. The van der Waals surface area contributed by atoms with E-state index in [1.54, 1.807) is 18.2 Å². The first-order valence-corrected chi connectivity index (χ1v) is 11.6. The Balaban J connectivity index is 1.81. The summed E-state index contributed by atoms with van der Waals surface area (Å²) in [6.45, 7) is 6.58. The van der Waals surface area contributed by atoms with Crippen LogP contribution in [-0.2, 0) is 4.79 Å². The summed E-state index contributed by atoms with van der Waals surface area (Å²) in [5.74, 6) is 0.573. The molecule has 2 aromatic carbocycles. The number of amides is 2. The van der Waals surface area contributed by atoms with Gasteiger partial charge in [0.1, 0.15) is 11.5 Å². The minimum atomic E-state index is -0.453. The number of halogens is 1. The summed E-state index contributed by atoms with van der Waals surface area (Å²) < 4.78 is 11.9. The summed E-state index contributed by atoms with van der Waals surface area (Å²) in [6.07, 6.45) is 1.87. The normalized spacial score (nSPS) is 10.4. The molecule has 3 N–H and O–H groups in total. The lowest BCUT2D eigenvalue weighted by atomic mass is 10.0. The minimum Gasteiger partial charge on any atom is -0.493 e. The second-order valence-electron chi connectivity index (χ2n) is 7.31. The zero-order valence-electron chi connectivity index (χ0n) is 18.4. The van der Waals surface area contributed by atoms with Gasteiger partial charge in [0.05, 0.1) is 12.2 Å². The highest BCUT2D eigenvalue weighted by Crippen LogP contribution is 2.23. The first kappa shape index (κ1) is 25.6. The van der Waals surface area contributed by atoms with E-state index >= 15 is 0 Å². The van der Waals surface area contributed by atoms with Crippen LogP contribution in [-0.4, -0.2) is 30.1 Å². The molecule has 0 saturated carbocycles. The molecule has 0 aliphatic heterocycles. The minimum absolute atomic E-state index is 0.0517. The van der Waals surface area contributed by atoms with E-state index < -0.39 is 11.8 Å². The molecule has 0 saturated heterocycles. The van der Waals surface area contributed by atoms with Crippen molar-refractivity contribution in [2.45, 2.75) is 39.5 Å². The Labute approximate surface area is 202 Å². The first-order chi connectivity index (χ1) is 15.3. The van der Waals surface area contributed by atoms with Crippen molar-refractivity contribution in [1.82, 2.24) is 16.2 Å². The molecule has 0 aliphatic rings. The topological polar surface area (TPSA) is 88.7 Å². The number of hydrazine groups is 1. The zero-order valence-corrected chi connectivity index (χ0v) is 20.8. The molecule has 7 nitrogen and oxygen atoms in total. The van der Waals surface area contributed by atoms with Crippen molar-refractivity contribution in [3.63, 3.8) is 0 Å². The Bertz CT molecular complexity index is 935. The Hall–Kier alpha value is -2.65. The molecule has 0 aromatic heterocycles. The van der Waals surface area contributed by atoms with Crippen molar-refractivity contribution < 1.29 is 19.1 Å². The monoisotopic (exact) mass is 521 g/mol. The molecule has 0 aliphatic carbocycles. The lowest BCUT2D eigenvalue weighted by Gasteiger charge is -2.14. The number of carbonyl (C=O) groups excluding carboxylic acids is 2. The van der Waals surface area contributed by atoms with Crippen molar-refractivity contribution in [3.8, 4) is 11.5 Å². The van der Waals surface area contributed by atoms with Crippen molar-refractivity contribution in [2.24, 2.45) is 0 Å². The van der Waals surface area contributed by atoms with Gasteiger partial charge < -0.3 is 9.47 Å². The molecule has 0 unspecified atom stereocenters. The maximum atomic E-state index is 12.6. The zero-order chi connectivity index (χ0) is 23.5. The quantitative estimate of drug-likeness (QED) is 0.256. The fraction of sp³-hybridized carbons (Fsp3) is 0.348. The molecular weight excluding hydrogens is 494 g/mol. The molecule has 0 bridgehead atoms. The van der Waals surface area contributed by atoms with E-state index in [1.165, 1.54) is 5.56 Å². The SMILES string of the molecule is CCCCOc1ccc(Br)cc1C(=O)NC(=S)NNC(=O)COc1ccc(C(C)C)cc1. The van der Waals surface area contributed by atoms with E-state index in [0.29, 0.717) is 29.6 Å². The van der Waals surface area contributed by atoms with Crippen LogP contribution in [0.3, 0.4) is 0 Å². The van der Waals surface area contributed by atoms with E-state index in [-0.39, 0.29) is 11.7 Å². The van der Waals surface area contributed by atoms with Gasteiger partial charge in [0.25, 0.3) is 11.8 Å². The van der Waals surface area contributed by atoms with Gasteiger partial charge in [0.15, 0.2) is 11.7 Å². The van der Waals surface area contributed by atoms with Gasteiger partial charge in [-0.15, -0.1) is 0 Å². The van der Waals surface area contributed by atoms with Crippen LogP contribution in [0, 0.1) is 0 Å². The van der Waals surface area contributed by atoms with E-state index in [4.69, 9.17) is 21.7 Å². The number of nitrogens with one attached hydrogen (secondary N) is 3. The Morgan fingerprint density at radius 3 is 2.44 bits per heavy atom. The molecule has 0 spiro atoms. The van der Waals surface area contributed by atoms with Gasteiger partial charge >= 0.3 is 0 Å². The third kappa shape index (κ3) is 8.47. The summed E-state index contributed by atoms with van der Waals surface area (Å²) in [6, 6.07) is 12.7. The predicted octanol–water partition coefficient (Wildman–Crippen LogP) is 4.47. The number of rotatable bonds is 9. The highest BCUT2D eigenvalue weighted by atomic mass is 79.9. The molecule has 9 heteroatoms. The first-order valence-electron chi connectivity index (χ1n) is 10.4. The third-order valence-corrected chi connectivity index (χ3v) is 5.10. The summed E-state index contributed by atoms with van der Waals surface area (Å²) >= 11 is 8.45. The lowest BCUT2D eigenvalue weighted by Crippen LogP contribution is -2.49. The molecule has 2 amide bonds. The van der Waals surface area contributed by atoms with Gasteiger partial charge in [-0.05, 0) is 60.5 Å². The van der Waals surface area contributed by atoms with Gasteiger partial charge in [-0.1, -0.05) is 55.3 Å². The third-order valence-electron chi connectivity index (χ3n) is 4.40. The van der Waals surface area contributed by atoms with Crippen LogP contribution in [0.2, 0.25) is 0 Å². The Kier molecular flexibility index (Phi) is 10.4. The van der Waals surface area contributed by atoms with Gasteiger partial charge in [-0.3, -0.25) is 25.8 Å². The number of hydrogen-bond donors (Lipinski definition) is 3. The molecule has 2 aromatic rings. The summed E-state index contributed by atoms with van der Waals surface area (Å²) in [5, 5.41) is 2.47. The highest BCUT2D eigenvalue weighted by Gasteiger charge is 2.15. The van der Waals surface area contributed by atoms with Gasteiger partial charge in [0, 0.05) is 4.47 Å². The van der Waals surface area contributed by atoms with Crippen LogP contribution in [0.25, 0.3) is 0 Å². The van der Waals surface area contributed by atoms with E-state index in [1.807, 2.05) is 24.3 Å². The van der Waals surface area contributed by atoms with Crippen molar-refractivity contribution in [3.05, 3.63) is 58.1 Å². The molecule has 0 atom stereocenters. The van der Waals surface area contributed by atoms with Crippen LogP contribution in [0.4, 0.5) is 0 Å². The summed E-state index contributed by atoms with van der Waals surface area (Å²) in [7, 11) is 0. The highest BCUT2D eigenvalue weighted by molar-refractivity contribution is 9.10. The van der Waals surface area contributed by atoms with E-state index in [2.05, 4.69) is 52.9 Å². The second-order valence-corrected chi connectivity index (χ2v) is 8.64. The van der Waals surface area contributed by atoms with Crippen molar-refractivity contribution in [2.75, 3.05) is 13.2 Å². The van der Waals surface area contributed by atoms with Gasteiger partial charge in [-0.2, -0.15) is 0 Å². The van der Waals surface area contributed by atoms with Gasteiger partial charge in [0.2, 0.25) is 0 Å². The number of unbranched alkanes of at least 4 members (excludes halogenated alkanes) is 1. The summed E-state index contributed by atoms with van der Waals surface area (Å²) in [5.41, 5.74) is 6.42. The second kappa shape index (κ2) is 13.0. The molecular formula is C23H28BrN3O4S. The number of thiocarbonyl (C=S) groups is 1. The Morgan fingerprint density at radius 1 is 1.06 bits per heavy atom. The molecule has 0 fully saturated rings. The van der Waals surface area contributed by atoms with Crippen LogP contribution in [0.5, 0.6) is 11.5 Å². The standard InChI is InChI=1S/C23H28BrN3O4S/c1-4-5-12-30-20-11-8-17(24)13-19(20)22(29)25-23(32)27-26-21(28)14-31-18-9-6-16(7-10-18)15(2)3/h6-11,13,15H,4-5,12,14H2,1-3H3,(H,26,28)(H2,25,27,29,32). The average Bonchev–Trinajstić information content (AvgIpc) is 2.77. The average molecular weight is 522 g/mol. The van der Waals surface area contributed by atoms with Crippen molar-refractivity contribution >= 4 is 45.1 Å². The number of ether oxygens (including phenoxy) is 2. The van der Waals surface area contributed by atoms with Crippen LogP contribution in [0.1, 0.15) is 55.5 Å². The molecule has 0 heterocycles. The largest absolute Gasteiger partial charge is 0.493 e. The van der Waals surface area contributed by atoms with Crippen molar-refractivity contribution in [1.29, 1.82) is 0 Å².